The van der Waals surface area contributed by atoms with Crippen LogP contribution < -0.4 is 4.74 Å². The van der Waals surface area contributed by atoms with Crippen molar-refractivity contribution in [3.05, 3.63) is 48.0 Å². The summed E-state index contributed by atoms with van der Waals surface area (Å²) in [6.07, 6.45) is 5.94. The number of nitrogens with zero attached hydrogens (tertiary/aromatic N) is 3. The number of imidazole rings is 1. The second-order valence-electron chi connectivity index (χ2n) is 6.52. The van der Waals surface area contributed by atoms with Gasteiger partial charge in [0.15, 0.2) is 0 Å². The Balaban J connectivity index is 1.42. The molecule has 0 N–H and O–H groups in total. The summed E-state index contributed by atoms with van der Waals surface area (Å²) in [5, 5.41) is 0. The molecule has 5 nitrogen and oxygen atoms in total. The van der Waals surface area contributed by atoms with Gasteiger partial charge in [0, 0.05) is 44.5 Å². The van der Waals surface area contributed by atoms with Gasteiger partial charge in [0.05, 0.1) is 0 Å². The number of aryl methyl sites for hydroxylation is 1. The summed E-state index contributed by atoms with van der Waals surface area (Å²) >= 11 is 0. The Morgan fingerprint density at radius 2 is 2.30 bits per heavy atom. The highest BCUT2D eigenvalue weighted by molar-refractivity contribution is 5.85. The highest BCUT2D eigenvalue weighted by Crippen LogP contribution is 2.34. The summed E-state index contributed by atoms with van der Waals surface area (Å²) in [4.78, 5) is 19.1. The Bertz CT molecular complexity index is 725. The molecular formula is C18H21N3O2. The molecule has 2 aromatic rings. The van der Waals surface area contributed by atoms with Gasteiger partial charge in [-0.15, -0.1) is 0 Å². The Morgan fingerprint density at radius 3 is 3.22 bits per heavy atom. The van der Waals surface area contributed by atoms with Crippen molar-refractivity contribution in [1.82, 2.24) is 14.5 Å². The SMILES string of the molecule is CN(C[C@@H]1CCn2ccnc2C1)C(=O)[C@@H]1COc2ccccc21. The van der Waals surface area contributed by atoms with Gasteiger partial charge in [-0.05, 0) is 18.4 Å². The predicted molar refractivity (Wildman–Crippen MR) is 86.4 cm³/mol. The lowest BCUT2D eigenvalue weighted by Crippen LogP contribution is -2.38. The first kappa shape index (κ1) is 14.3. The molecule has 2 atom stereocenters. The minimum absolute atomic E-state index is 0.156. The van der Waals surface area contributed by atoms with E-state index in [9.17, 15) is 4.79 Å². The van der Waals surface area contributed by atoms with Crippen molar-refractivity contribution in [2.45, 2.75) is 25.3 Å². The van der Waals surface area contributed by atoms with Crippen molar-refractivity contribution in [3.8, 4) is 5.75 Å². The normalized spacial score (nSPS) is 22.1. The highest BCUT2D eigenvalue weighted by atomic mass is 16.5. The molecule has 1 amide bonds. The van der Waals surface area contributed by atoms with Crippen LogP contribution in [-0.4, -0.2) is 40.6 Å². The third kappa shape index (κ3) is 2.60. The molecule has 0 saturated heterocycles. The van der Waals surface area contributed by atoms with E-state index in [4.69, 9.17) is 4.74 Å². The van der Waals surface area contributed by atoms with E-state index < -0.39 is 0 Å². The second-order valence-corrected chi connectivity index (χ2v) is 6.52. The van der Waals surface area contributed by atoms with Gasteiger partial charge in [-0.2, -0.15) is 0 Å². The lowest BCUT2D eigenvalue weighted by molar-refractivity contribution is -0.132. The molecule has 0 aliphatic carbocycles. The molecule has 2 aliphatic heterocycles. The summed E-state index contributed by atoms with van der Waals surface area (Å²) in [6.45, 7) is 2.24. The Morgan fingerprint density at radius 1 is 1.43 bits per heavy atom. The molecule has 3 heterocycles. The fourth-order valence-corrected chi connectivity index (χ4v) is 3.68. The van der Waals surface area contributed by atoms with E-state index in [1.807, 2.05) is 48.6 Å². The van der Waals surface area contributed by atoms with Crippen molar-refractivity contribution < 1.29 is 9.53 Å². The van der Waals surface area contributed by atoms with Crippen LogP contribution in [0.25, 0.3) is 0 Å². The average Bonchev–Trinajstić information content (AvgIpc) is 3.20. The first-order valence-electron chi connectivity index (χ1n) is 8.19. The zero-order chi connectivity index (χ0) is 15.8. The summed E-state index contributed by atoms with van der Waals surface area (Å²) in [6, 6.07) is 7.84. The van der Waals surface area contributed by atoms with Crippen LogP contribution >= 0.6 is 0 Å². The number of para-hydroxylation sites is 1. The quantitative estimate of drug-likeness (QED) is 0.872. The van der Waals surface area contributed by atoms with Gasteiger partial charge in [0.2, 0.25) is 5.91 Å². The molecule has 23 heavy (non-hydrogen) atoms. The summed E-state index contributed by atoms with van der Waals surface area (Å²) in [5.41, 5.74) is 1.02. The van der Waals surface area contributed by atoms with Gasteiger partial charge in [0.25, 0.3) is 0 Å². The summed E-state index contributed by atoms with van der Waals surface area (Å²) < 4.78 is 7.86. The number of hydrogen-bond donors (Lipinski definition) is 0. The van der Waals surface area contributed by atoms with Gasteiger partial charge < -0.3 is 14.2 Å². The maximum Gasteiger partial charge on any atom is 0.233 e. The van der Waals surface area contributed by atoms with Crippen LogP contribution in [0, 0.1) is 5.92 Å². The Kier molecular flexibility index (Phi) is 3.56. The van der Waals surface area contributed by atoms with E-state index in [2.05, 4.69) is 9.55 Å². The number of fused-ring (bicyclic) bond motifs is 2. The van der Waals surface area contributed by atoms with E-state index in [1.54, 1.807) is 0 Å². The van der Waals surface area contributed by atoms with Crippen molar-refractivity contribution in [2.75, 3.05) is 20.2 Å². The van der Waals surface area contributed by atoms with Gasteiger partial charge in [0.1, 0.15) is 24.1 Å². The zero-order valence-electron chi connectivity index (χ0n) is 13.3. The van der Waals surface area contributed by atoms with Crippen molar-refractivity contribution in [2.24, 2.45) is 5.92 Å². The lowest BCUT2D eigenvalue weighted by atomic mass is 9.95. The molecule has 0 spiro atoms. The molecule has 1 aromatic carbocycles. The number of carbonyl (C=O) groups excluding carboxylic acids is 1. The number of rotatable bonds is 3. The smallest absolute Gasteiger partial charge is 0.233 e. The number of ether oxygens (including phenoxy) is 1. The molecule has 0 fully saturated rings. The van der Waals surface area contributed by atoms with Crippen LogP contribution in [0.5, 0.6) is 5.75 Å². The van der Waals surface area contributed by atoms with Crippen LogP contribution in [0.2, 0.25) is 0 Å². The largest absolute Gasteiger partial charge is 0.492 e. The van der Waals surface area contributed by atoms with Crippen LogP contribution in [0.3, 0.4) is 0 Å². The topological polar surface area (TPSA) is 47.4 Å². The minimum atomic E-state index is -0.165. The van der Waals surface area contributed by atoms with E-state index in [-0.39, 0.29) is 11.8 Å². The van der Waals surface area contributed by atoms with E-state index >= 15 is 0 Å². The summed E-state index contributed by atoms with van der Waals surface area (Å²) in [7, 11) is 1.91. The first-order chi connectivity index (χ1) is 11.2. The van der Waals surface area contributed by atoms with Gasteiger partial charge in [-0.25, -0.2) is 4.98 Å². The molecule has 0 bridgehead atoms. The Labute approximate surface area is 135 Å². The molecule has 120 valence electrons. The third-order valence-corrected chi connectivity index (χ3v) is 4.96. The van der Waals surface area contributed by atoms with Crippen LogP contribution in [-0.2, 0) is 17.8 Å². The second kappa shape index (κ2) is 5.72. The maximum atomic E-state index is 12.8. The number of aromatic nitrogens is 2. The number of likely N-dealkylation sites (N-methyl/N-ethyl adjacent to an activating group) is 1. The lowest BCUT2D eigenvalue weighted by Gasteiger charge is -2.29. The van der Waals surface area contributed by atoms with Gasteiger partial charge >= 0.3 is 0 Å². The molecule has 5 heteroatoms. The van der Waals surface area contributed by atoms with Gasteiger partial charge in [-0.3, -0.25) is 4.79 Å². The Hall–Kier alpha value is -2.30. The fraction of sp³-hybridized carbons (Fsp3) is 0.444. The molecule has 1 aromatic heterocycles. The van der Waals surface area contributed by atoms with Crippen molar-refractivity contribution >= 4 is 5.91 Å². The van der Waals surface area contributed by atoms with E-state index in [0.29, 0.717) is 12.5 Å². The third-order valence-electron chi connectivity index (χ3n) is 4.96. The zero-order valence-corrected chi connectivity index (χ0v) is 13.3. The molecular weight excluding hydrogens is 290 g/mol. The van der Waals surface area contributed by atoms with Gasteiger partial charge in [-0.1, -0.05) is 18.2 Å². The molecule has 0 radical (unpaired) electrons. The average molecular weight is 311 g/mol. The number of carbonyl (C=O) groups is 1. The van der Waals surface area contributed by atoms with Crippen LogP contribution in [0.4, 0.5) is 0 Å². The summed E-state index contributed by atoms with van der Waals surface area (Å²) in [5.74, 6) is 2.46. The number of benzene rings is 1. The minimum Gasteiger partial charge on any atom is -0.492 e. The number of amides is 1. The van der Waals surface area contributed by atoms with E-state index in [0.717, 1.165) is 43.1 Å². The first-order valence-corrected chi connectivity index (χ1v) is 8.19. The number of hydrogen-bond acceptors (Lipinski definition) is 3. The highest BCUT2D eigenvalue weighted by Gasteiger charge is 2.33. The molecule has 4 rings (SSSR count). The fourth-order valence-electron chi connectivity index (χ4n) is 3.68. The molecule has 0 saturated carbocycles. The van der Waals surface area contributed by atoms with Crippen molar-refractivity contribution in [3.63, 3.8) is 0 Å². The van der Waals surface area contributed by atoms with Crippen molar-refractivity contribution in [1.29, 1.82) is 0 Å². The standard InChI is InChI=1S/C18H21N3O2/c1-20(11-13-6-8-21-9-7-19-17(21)10-13)18(22)15-12-23-16-5-3-2-4-14(15)16/h2-5,7,9,13,15H,6,8,10-12H2,1H3/t13-,15-/m1/s1. The molecule has 0 unspecified atom stereocenters. The van der Waals surface area contributed by atoms with Crippen LogP contribution in [0.1, 0.15) is 23.7 Å². The predicted octanol–water partition coefficient (Wildman–Crippen LogP) is 2.08. The van der Waals surface area contributed by atoms with Crippen LogP contribution in [0.15, 0.2) is 36.7 Å². The van der Waals surface area contributed by atoms with E-state index in [1.165, 1.54) is 0 Å². The monoisotopic (exact) mass is 311 g/mol. The maximum absolute atomic E-state index is 12.8. The molecule has 2 aliphatic rings.